The molecule has 0 radical (unpaired) electrons. The summed E-state index contributed by atoms with van der Waals surface area (Å²) in [6.45, 7) is 10.00. The molecule has 0 spiro atoms. The van der Waals surface area contributed by atoms with E-state index in [9.17, 15) is 0 Å². The van der Waals surface area contributed by atoms with Crippen molar-refractivity contribution in [1.29, 1.82) is 5.26 Å². The van der Waals surface area contributed by atoms with Gasteiger partial charge in [-0.3, -0.25) is 4.90 Å². The normalized spacial score (nSPS) is 16.8. The molecule has 0 amide bonds. The van der Waals surface area contributed by atoms with Crippen LogP contribution in [0.15, 0.2) is 0 Å². The third-order valence-corrected chi connectivity index (χ3v) is 3.48. The van der Waals surface area contributed by atoms with Gasteiger partial charge in [0.25, 0.3) is 0 Å². The summed E-state index contributed by atoms with van der Waals surface area (Å²) in [5, 5.41) is 8.87. The predicted octanol–water partition coefficient (Wildman–Crippen LogP) is 2.06. The van der Waals surface area contributed by atoms with E-state index in [0.717, 1.165) is 46.1 Å². The summed E-state index contributed by atoms with van der Waals surface area (Å²) in [7, 11) is 0. The standard InChI is InChI=1S/C14H26N2O2/c1-3-17-11-9-16(10-12-18-4-2)13-14(5-6-14)7-8-15/h3-7,9-13H2,1-2H3. The van der Waals surface area contributed by atoms with Crippen molar-refractivity contribution in [2.75, 3.05) is 46.1 Å². The van der Waals surface area contributed by atoms with Gasteiger partial charge in [0.05, 0.1) is 19.3 Å². The Labute approximate surface area is 111 Å². The van der Waals surface area contributed by atoms with Crippen molar-refractivity contribution in [3.63, 3.8) is 0 Å². The van der Waals surface area contributed by atoms with Crippen LogP contribution < -0.4 is 0 Å². The Hall–Kier alpha value is -0.630. The lowest BCUT2D eigenvalue weighted by Gasteiger charge is -2.26. The average molecular weight is 254 g/mol. The molecule has 0 N–H and O–H groups in total. The summed E-state index contributed by atoms with van der Waals surface area (Å²) in [6, 6.07) is 2.32. The quantitative estimate of drug-likeness (QED) is 0.529. The molecular weight excluding hydrogens is 228 g/mol. The van der Waals surface area contributed by atoms with Crippen molar-refractivity contribution in [3.8, 4) is 6.07 Å². The van der Waals surface area contributed by atoms with Gasteiger partial charge in [-0.2, -0.15) is 5.26 Å². The minimum absolute atomic E-state index is 0.271. The van der Waals surface area contributed by atoms with Gasteiger partial charge in [-0.25, -0.2) is 0 Å². The first kappa shape index (κ1) is 15.4. The molecule has 4 nitrogen and oxygen atoms in total. The number of ether oxygens (including phenoxy) is 2. The smallest absolute Gasteiger partial charge is 0.0628 e. The van der Waals surface area contributed by atoms with Gasteiger partial charge in [-0.15, -0.1) is 0 Å². The Morgan fingerprint density at radius 3 is 2.06 bits per heavy atom. The summed E-state index contributed by atoms with van der Waals surface area (Å²) in [5.41, 5.74) is 0.271. The number of hydrogen-bond acceptors (Lipinski definition) is 4. The summed E-state index contributed by atoms with van der Waals surface area (Å²) < 4.78 is 10.8. The Kier molecular flexibility index (Phi) is 7.26. The maximum Gasteiger partial charge on any atom is 0.0628 e. The first-order valence-corrected chi connectivity index (χ1v) is 7.01. The molecular formula is C14H26N2O2. The van der Waals surface area contributed by atoms with Crippen molar-refractivity contribution in [2.45, 2.75) is 33.1 Å². The Bertz CT molecular complexity index is 249. The van der Waals surface area contributed by atoms with E-state index in [1.165, 1.54) is 12.8 Å². The molecule has 0 heterocycles. The molecule has 1 rings (SSSR count). The van der Waals surface area contributed by atoms with Gasteiger partial charge in [0.1, 0.15) is 0 Å². The van der Waals surface area contributed by atoms with E-state index in [2.05, 4.69) is 11.0 Å². The molecule has 0 saturated heterocycles. The van der Waals surface area contributed by atoms with Crippen LogP contribution in [0.4, 0.5) is 0 Å². The Morgan fingerprint density at radius 1 is 1.11 bits per heavy atom. The molecule has 0 aromatic heterocycles. The third-order valence-electron chi connectivity index (χ3n) is 3.48. The topological polar surface area (TPSA) is 45.5 Å². The zero-order valence-corrected chi connectivity index (χ0v) is 11.8. The van der Waals surface area contributed by atoms with Gasteiger partial charge in [-0.05, 0) is 32.1 Å². The molecule has 4 heteroatoms. The minimum atomic E-state index is 0.271. The van der Waals surface area contributed by atoms with Crippen molar-refractivity contribution in [3.05, 3.63) is 0 Å². The monoisotopic (exact) mass is 254 g/mol. The molecule has 18 heavy (non-hydrogen) atoms. The summed E-state index contributed by atoms with van der Waals surface area (Å²) in [4.78, 5) is 2.38. The van der Waals surface area contributed by atoms with Gasteiger partial charge < -0.3 is 9.47 Å². The van der Waals surface area contributed by atoms with E-state index in [1.54, 1.807) is 0 Å². The highest BCUT2D eigenvalue weighted by Gasteiger charge is 2.43. The number of hydrogen-bond donors (Lipinski definition) is 0. The Morgan fingerprint density at radius 2 is 1.67 bits per heavy atom. The maximum atomic E-state index is 8.87. The molecule has 0 aromatic carbocycles. The molecule has 1 saturated carbocycles. The predicted molar refractivity (Wildman–Crippen MR) is 71.3 cm³/mol. The molecule has 0 bridgehead atoms. The summed E-state index contributed by atoms with van der Waals surface area (Å²) in [6.07, 6.45) is 3.08. The average Bonchev–Trinajstić information content (AvgIpc) is 3.10. The molecule has 0 aliphatic heterocycles. The third kappa shape index (κ3) is 5.81. The SMILES string of the molecule is CCOCCN(CCOCC)CC1(CC#N)CC1. The van der Waals surface area contributed by atoms with E-state index >= 15 is 0 Å². The lowest BCUT2D eigenvalue weighted by Crippen LogP contribution is -2.36. The summed E-state index contributed by atoms with van der Waals surface area (Å²) in [5.74, 6) is 0. The second-order valence-corrected chi connectivity index (χ2v) is 5.00. The highest BCUT2D eigenvalue weighted by atomic mass is 16.5. The molecule has 1 aliphatic carbocycles. The fourth-order valence-electron chi connectivity index (χ4n) is 2.16. The van der Waals surface area contributed by atoms with Crippen LogP contribution in [0.2, 0.25) is 0 Å². The molecule has 1 aliphatic rings. The van der Waals surface area contributed by atoms with Crippen LogP contribution in [0.3, 0.4) is 0 Å². The first-order valence-electron chi connectivity index (χ1n) is 7.01. The largest absolute Gasteiger partial charge is 0.380 e. The first-order chi connectivity index (χ1) is 8.76. The van der Waals surface area contributed by atoms with Gasteiger partial charge in [0.2, 0.25) is 0 Å². The fraction of sp³-hybridized carbons (Fsp3) is 0.929. The van der Waals surface area contributed by atoms with Crippen molar-refractivity contribution >= 4 is 0 Å². The zero-order chi connectivity index (χ0) is 13.3. The van der Waals surface area contributed by atoms with Crippen molar-refractivity contribution < 1.29 is 9.47 Å². The highest BCUT2D eigenvalue weighted by Crippen LogP contribution is 2.49. The molecule has 1 fully saturated rings. The number of rotatable bonds is 11. The molecule has 0 aromatic rings. The van der Waals surface area contributed by atoms with Gasteiger partial charge in [-0.1, -0.05) is 0 Å². The fourth-order valence-corrected chi connectivity index (χ4v) is 2.16. The van der Waals surface area contributed by atoms with Crippen molar-refractivity contribution in [2.24, 2.45) is 5.41 Å². The van der Waals surface area contributed by atoms with Crippen LogP contribution in [-0.2, 0) is 9.47 Å². The molecule has 104 valence electrons. The van der Waals surface area contributed by atoms with Crippen LogP contribution in [0, 0.1) is 16.7 Å². The highest BCUT2D eigenvalue weighted by molar-refractivity contribution is 5.01. The van der Waals surface area contributed by atoms with Crippen LogP contribution >= 0.6 is 0 Å². The van der Waals surface area contributed by atoms with E-state index in [0.29, 0.717) is 6.42 Å². The van der Waals surface area contributed by atoms with Crippen LogP contribution in [-0.4, -0.2) is 51.0 Å². The van der Waals surface area contributed by atoms with E-state index in [-0.39, 0.29) is 5.41 Å². The lowest BCUT2D eigenvalue weighted by molar-refractivity contribution is 0.0737. The maximum absolute atomic E-state index is 8.87. The van der Waals surface area contributed by atoms with Crippen LogP contribution in [0.5, 0.6) is 0 Å². The van der Waals surface area contributed by atoms with E-state index in [4.69, 9.17) is 14.7 Å². The number of nitrogens with zero attached hydrogens (tertiary/aromatic N) is 2. The van der Waals surface area contributed by atoms with E-state index in [1.807, 2.05) is 13.8 Å². The second kappa shape index (κ2) is 8.47. The van der Waals surface area contributed by atoms with Gasteiger partial charge >= 0.3 is 0 Å². The van der Waals surface area contributed by atoms with Crippen LogP contribution in [0.1, 0.15) is 33.1 Å². The van der Waals surface area contributed by atoms with E-state index < -0.39 is 0 Å². The molecule has 0 unspecified atom stereocenters. The Balaban J connectivity index is 2.31. The second-order valence-electron chi connectivity index (χ2n) is 5.00. The van der Waals surface area contributed by atoms with Gasteiger partial charge in [0.15, 0.2) is 0 Å². The lowest BCUT2D eigenvalue weighted by atomic mass is 10.0. The van der Waals surface area contributed by atoms with Crippen molar-refractivity contribution in [1.82, 2.24) is 4.90 Å². The minimum Gasteiger partial charge on any atom is -0.380 e. The summed E-state index contributed by atoms with van der Waals surface area (Å²) >= 11 is 0. The molecule has 0 atom stereocenters. The van der Waals surface area contributed by atoms with Gasteiger partial charge in [0, 0.05) is 39.3 Å². The zero-order valence-electron chi connectivity index (χ0n) is 11.8. The number of nitriles is 1. The van der Waals surface area contributed by atoms with Crippen LogP contribution in [0.25, 0.3) is 0 Å².